The number of amides is 1. The van der Waals surface area contributed by atoms with Crippen LogP contribution in [0.15, 0.2) is 30.3 Å². The summed E-state index contributed by atoms with van der Waals surface area (Å²) in [5.74, 6) is 0.817. The van der Waals surface area contributed by atoms with E-state index in [2.05, 4.69) is 24.6 Å². The number of benzene rings is 1. The molecular weight excluding hydrogens is 234 g/mol. The zero-order valence-corrected chi connectivity index (χ0v) is 11.1. The molecule has 1 amide bonds. The van der Waals surface area contributed by atoms with Crippen LogP contribution in [0, 0.1) is 0 Å². The number of ether oxygens (including phenoxy) is 1. The first kappa shape index (κ1) is 12.5. The Hall–Kier alpha value is -1.00. The van der Waals surface area contributed by atoms with E-state index in [0.29, 0.717) is 19.1 Å². The van der Waals surface area contributed by atoms with E-state index in [1.165, 1.54) is 0 Å². The molecule has 1 aromatic carbocycles. The number of hydrogen-bond donors (Lipinski definition) is 0. The molecule has 0 unspecified atom stereocenters. The molecule has 1 fully saturated rings. The predicted molar refractivity (Wildman–Crippen MR) is 70.9 cm³/mol. The van der Waals surface area contributed by atoms with E-state index < -0.39 is 0 Å². The summed E-state index contributed by atoms with van der Waals surface area (Å²) in [4.78, 5) is 13.9. The van der Waals surface area contributed by atoms with Gasteiger partial charge in [0.05, 0.1) is 25.2 Å². The van der Waals surface area contributed by atoms with Crippen LogP contribution in [0.2, 0.25) is 0 Å². The zero-order valence-electron chi connectivity index (χ0n) is 10.3. The van der Waals surface area contributed by atoms with Crippen molar-refractivity contribution in [2.24, 2.45) is 0 Å². The molecule has 92 valence electrons. The van der Waals surface area contributed by atoms with E-state index in [0.717, 1.165) is 5.56 Å². The first-order chi connectivity index (χ1) is 8.18. The summed E-state index contributed by atoms with van der Waals surface area (Å²) in [7, 11) is 0.140. The summed E-state index contributed by atoms with van der Waals surface area (Å²) in [5, 5.41) is 0. The topological polar surface area (TPSA) is 29.5 Å². The van der Waals surface area contributed by atoms with Crippen LogP contribution < -0.4 is 0 Å². The lowest BCUT2D eigenvalue weighted by Crippen LogP contribution is -2.35. The minimum Gasteiger partial charge on any atom is -0.359 e. The van der Waals surface area contributed by atoms with Gasteiger partial charge >= 0.3 is 0 Å². The van der Waals surface area contributed by atoms with Gasteiger partial charge in [-0.2, -0.15) is 0 Å². The number of hydrogen-bond acceptors (Lipinski definition) is 2. The van der Waals surface area contributed by atoms with Crippen molar-refractivity contribution < 1.29 is 9.53 Å². The molecule has 0 bridgehead atoms. The van der Waals surface area contributed by atoms with Gasteiger partial charge in [0.25, 0.3) is 5.91 Å². The van der Waals surface area contributed by atoms with Crippen molar-refractivity contribution in [3.05, 3.63) is 35.9 Å². The van der Waals surface area contributed by atoms with Crippen molar-refractivity contribution in [2.75, 3.05) is 31.6 Å². The summed E-state index contributed by atoms with van der Waals surface area (Å²) >= 11 is 0. The lowest BCUT2D eigenvalue weighted by Gasteiger charge is -2.21. The van der Waals surface area contributed by atoms with Crippen LogP contribution in [0.1, 0.15) is 11.6 Å². The van der Waals surface area contributed by atoms with Gasteiger partial charge in [-0.3, -0.25) is 4.79 Å². The Morgan fingerprint density at radius 2 is 2.12 bits per heavy atom. The molecule has 1 aromatic rings. The standard InChI is InChI=1S/C13H18NO2S/c1-17(2)9-13(15)14-10-16-8-12(14)11-6-4-3-5-7-11/h3-7,12H,8-10H2,1-2H3/q+1/t12-/m0/s1. The SMILES string of the molecule is C[S+](C)CC(=O)N1COC[C@H]1c1ccccc1. The van der Waals surface area contributed by atoms with Crippen LogP contribution in [-0.4, -0.2) is 42.4 Å². The van der Waals surface area contributed by atoms with E-state index in [1.807, 2.05) is 23.1 Å². The van der Waals surface area contributed by atoms with Gasteiger partial charge in [-0.25, -0.2) is 0 Å². The molecule has 0 radical (unpaired) electrons. The van der Waals surface area contributed by atoms with Crippen LogP contribution in [0.3, 0.4) is 0 Å². The second kappa shape index (κ2) is 5.56. The first-order valence-electron chi connectivity index (χ1n) is 5.65. The number of carbonyl (C=O) groups excluding carboxylic acids is 1. The molecule has 1 aliphatic rings. The average molecular weight is 252 g/mol. The third-order valence-electron chi connectivity index (χ3n) is 2.80. The van der Waals surface area contributed by atoms with Crippen molar-refractivity contribution in [3.63, 3.8) is 0 Å². The van der Waals surface area contributed by atoms with Crippen molar-refractivity contribution in [1.29, 1.82) is 0 Å². The summed E-state index contributed by atoms with van der Waals surface area (Å²) < 4.78 is 5.44. The van der Waals surface area contributed by atoms with Crippen molar-refractivity contribution in [1.82, 2.24) is 4.90 Å². The van der Waals surface area contributed by atoms with E-state index >= 15 is 0 Å². The normalized spacial score (nSPS) is 19.9. The Labute approximate surface area is 105 Å². The van der Waals surface area contributed by atoms with E-state index in [4.69, 9.17) is 4.74 Å². The molecule has 3 nitrogen and oxygen atoms in total. The van der Waals surface area contributed by atoms with Crippen molar-refractivity contribution in [2.45, 2.75) is 6.04 Å². The molecule has 17 heavy (non-hydrogen) atoms. The van der Waals surface area contributed by atoms with Crippen molar-refractivity contribution in [3.8, 4) is 0 Å². The van der Waals surface area contributed by atoms with Gasteiger partial charge in [0.2, 0.25) is 0 Å². The molecule has 0 aromatic heterocycles. The third kappa shape index (κ3) is 3.01. The molecule has 0 aliphatic carbocycles. The van der Waals surface area contributed by atoms with E-state index in [1.54, 1.807) is 0 Å². The lowest BCUT2D eigenvalue weighted by molar-refractivity contribution is -0.130. The van der Waals surface area contributed by atoms with Gasteiger partial charge in [0.1, 0.15) is 6.73 Å². The highest BCUT2D eigenvalue weighted by Gasteiger charge is 2.32. The van der Waals surface area contributed by atoms with Gasteiger partial charge in [-0.1, -0.05) is 30.3 Å². The van der Waals surface area contributed by atoms with Gasteiger partial charge < -0.3 is 9.64 Å². The zero-order chi connectivity index (χ0) is 12.3. The quantitative estimate of drug-likeness (QED) is 0.762. The van der Waals surface area contributed by atoms with Gasteiger partial charge in [-0.05, 0) is 16.5 Å². The van der Waals surface area contributed by atoms with Crippen LogP contribution in [0.4, 0.5) is 0 Å². The first-order valence-corrected chi connectivity index (χ1v) is 7.86. The molecule has 0 spiro atoms. The Morgan fingerprint density at radius 1 is 1.41 bits per heavy atom. The minimum atomic E-state index is 0.0900. The van der Waals surface area contributed by atoms with Gasteiger partial charge in [0.15, 0.2) is 5.75 Å². The molecule has 2 rings (SSSR count). The van der Waals surface area contributed by atoms with Crippen LogP contribution in [-0.2, 0) is 20.4 Å². The maximum absolute atomic E-state index is 12.1. The van der Waals surface area contributed by atoms with Crippen LogP contribution in [0.25, 0.3) is 0 Å². The number of carbonyl (C=O) groups is 1. The Balaban J connectivity index is 2.10. The minimum absolute atomic E-state index is 0.0900. The van der Waals surface area contributed by atoms with Crippen LogP contribution >= 0.6 is 0 Å². The Kier molecular flexibility index (Phi) is 4.07. The highest BCUT2D eigenvalue weighted by atomic mass is 32.2. The lowest BCUT2D eigenvalue weighted by atomic mass is 10.1. The molecule has 1 atom stereocenters. The molecule has 0 saturated carbocycles. The molecule has 1 aliphatic heterocycles. The third-order valence-corrected chi connectivity index (χ3v) is 3.62. The molecule has 1 saturated heterocycles. The molecule has 0 N–H and O–H groups in total. The largest absolute Gasteiger partial charge is 0.359 e. The summed E-state index contributed by atoms with van der Waals surface area (Å²) in [6.45, 7) is 1.03. The average Bonchev–Trinajstić information content (AvgIpc) is 2.78. The second-order valence-corrected chi connectivity index (χ2v) is 6.68. The van der Waals surface area contributed by atoms with Gasteiger partial charge in [0, 0.05) is 0 Å². The van der Waals surface area contributed by atoms with E-state index in [-0.39, 0.29) is 22.8 Å². The van der Waals surface area contributed by atoms with Crippen LogP contribution in [0.5, 0.6) is 0 Å². The molecular formula is C13H18NO2S+. The second-order valence-electron chi connectivity index (χ2n) is 4.42. The Bertz CT molecular complexity index is 380. The van der Waals surface area contributed by atoms with Gasteiger partial charge in [-0.15, -0.1) is 0 Å². The smallest absolute Gasteiger partial charge is 0.274 e. The predicted octanol–water partition coefficient (Wildman–Crippen LogP) is 1.42. The molecule has 1 heterocycles. The van der Waals surface area contributed by atoms with Crippen molar-refractivity contribution >= 4 is 16.8 Å². The van der Waals surface area contributed by atoms with E-state index in [9.17, 15) is 4.79 Å². The summed E-state index contributed by atoms with van der Waals surface area (Å²) in [5.41, 5.74) is 1.16. The number of nitrogens with zero attached hydrogens (tertiary/aromatic N) is 1. The number of rotatable bonds is 3. The maximum atomic E-state index is 12.1. The maximum Gasteiger partial charge on any atom is 0.274 e. The Morgan fingerprint density at radius 3 is 2.76 bits per heavy atom. The molecule has 4 heteroatoms. The summed E-state index contributed by atoms with van der Waals surface area (Å²) in [6, 6.07) is 10.2. The fourth-order valence-electron chi connectivity index (χ4n) is 1.97. The fraction of sp³-hybridized carbons (Fsp3) is 0.462. The fourth-order valence-corrected chi connectivity index (χ4v) is 2.63. The highest BCUT2D eigenvalue weighted by Crippen LogP contribution is 2.26. The monoisotopic (exact) mass is 252 g/mol. The summed E-state index contributed by atoms with van der Waals surface area (Å²) in [6.07, 6.45) is 4.18. The highest BCUT2D eigenvalue weighted by molar-refractivity contribution is 7.96.